The highest BCUT2D eigenvalue weighted by atomic mass is 19.3. The predicted molar refractivity (Wildman–Crippen MR) is 40.6 cm³/mol. The highest BCUT2D eigenvalue weighted by molar-refractivity contribution is 5.74. The van der Waals surface area contributed by atoms with Crippen LogP contribution in [0.1, 0.15) is 19.3 Å². The number of aliphatic carboxylic acids is 1. The smallest absolute Gasteiger partial charge is 0.320 e. The van der Waals surface area contributed by atoms with Crippen LogP contribution >= 0.6 is 0 Å². The maximum absolute atomic E-state index is 13.1. The van der Waals surface area contributed by atoms with Crippen LogP contribution in [0.5, 0.6) is 0 Å². The number of piperidine rings is 2. The molecule has 0 radical (unpaired) electrons. The summed E-state index contributed by atoms with van der Waals surface area (Å²) in [5, 5.41) is 11.2. The number of hydrogen-bond acceptors (Lipinski definition) is 2. The molecule has 2 bridgehead atoms. The van der Waals surface area contributed by atoms with Gasteiger partial charge in [0.2, 0.25) is 0 Å². The third kappa shape index (κ3) is 1.31. The van der Waals surface area contributed by atoms with Crippen LogP contribution in [0.2, 0.25) is 0 Å². The number of hydrogen-bond donors (Lipinski definition) is 2. The lowest BCUT2D eigenvalue weighted by Gasteiger charge is -2.46. The van der Waals surface area contributed by atoms with E-state index in [1.54, 1.807) is 0 Å². The average Bonchev–Trinajstić information content (AvgIpc) is 2.02. The Labute approximate surface area is 74.1 Å². The van der Waals surface area contributed by atoms with Crippen LogP contribution in [-0.2, 0) is 4.79 Å². The van der Waals surface area contributed by atoms with Crippen molar-refractivity contribution in [1.29, 1.82) is 0 Å². The second-order valence-corrected chi connectivity index (χ2v) is 3.84. The molecule has 0 aromatic carbocycles. The molecule has 74 valence electrons. The molecule has 3 nitrogen and oxygen atoms in total. The summed E-state index contributed by atoms with van der Waals surface area (Å²) in [5.74, 6) is -4.13. The zero-order chi connectivity index (χ0) is 9.64. The lowest BCUT2D eigenvalue weighted by molar-refractivity contribution is -0.156. The van der Waals surface area contributed by atoms with Crippen molar-refractivity contribution in [3.63, 3.8) is 0 Å². The minimum atomic E-state index is -2.71. The second-order valence-electron chi connectivity index (χ2n) is 3.84. The summed E-state index contributed by atoms with van der Waals surface area (Å²) >= 11 is 0. The first-order chi connectivity index (χ1) is 6.00. The zero-order valence-electron chi connectivity index (χ0n) is 6.96. The Bertz CT molecular complexity index is 244. The fraction of sp³-hybridized carbons (Fsp3) is 0.875. The zero-order valence-corrected chi connectivity index (χ0v) is 6.96. The van der Waals surface area contributed by atoms with E-state index in [0.717, 1.165) is 0 Å². The van der Waals surface area contributed by atoms with Crippen LogP contribution < -0.4 is 5.32 Å². The predicted octanol–water partition coefficient (Wildman–Crippen LogP) is 0.847. The molecule has 1 saturated carbocycles. The Kier molecular flexibility index (Phi) is 1.80. The van der Waals surface area contributed by atoms with Gasteiger partial charge in [-0.3, -0.25) is 10.1 Å². The lowest BCUT2D eigenvalue weighted by atomic mass is 9.74. The molecule has 13 heavy (non-hydrogen) atoms. The van der Waals surface area contributed by atoms with Gasteiger partial charge in [-0.2, -0.15) is 0 Å². The van der Waals surface area contributed by atoms with E-state index in [9.17, 15) is 13.6 Å². The Morgan fingerprint density at radius 1 is 1.46 bits per heavy atom. The summed E-state index contributed by atoms with van der Waals surface area (Å²) in [4.78, 5) is 10.6. The summed E-state index contributed by atoms with van der Waals surface area (Å²) in [7, 11) is 0. The number of carboxylic acid groups (broad SMARTS) is 1. The number of fused-ring (bicyclic) bond motifs is 3. The molecule has 0 spiro atoms. The van der Waals surface area contributed by atoms with Crippen LogP contribution in [0.15, 0.2) is 0 Å². The van der Waals surface area contributed by atoms with E-state index in [1.165, 1.54) is 0 Å². The molecular weight excluding hydrogens is 180 g/mol. The second kappa shape index (κ2) is 2.64. The Morgan fingerprint density at radius 3 is 2.54 bits per heavy atom. The summed E-state index contributed by atoms with van der Waals surface area (Å²) in [6.07, 6.45) is 0.716. The fourth-order valence-corrected chi connectivity index (χ4v) is 2.30. The van der Waals surface area contributed by atoms with Crippen molar-refractivity contribution >= 4 is 5.97 Å². The van der Waals surface area contributed by atoms with E-state index < -0.39 is 29.9 Å². The molecule has 3 rings (SSSR count). The van der Waals surface area contributed by atoms with Gasteiger partial charge in [-0.05, 0) is 18.8 Å². The van der Waals surface area contributed by atoms with E-state index in [2.05, 4.69) is 5.32 Å². The number of carboxylic acids is 1. The van der Waals surface area contributed by atoms with E-state index in [1.807, 2.05) is 0 Å². The van der Waals surface area contributed by atoms with Crippen molar-refractivity contribution in [3.05, 3.63) is 0 Å². The molecule has 2 aliphatic heterocycles. The van der Waals surface area contributed by atoms with Gasteiger partial charge in [-0.15, -0.1) is 0 Å². The number of rotatable bonds is 1. The summed E-state index contributed by atoms with van der Waals surface area (Å²) in [6.45, 7) is 0. The van der Waals surface area contributed by atoms with Gasteiger partial charge in [-0.1, -0.05) is 0 Å². The third-order valence-corrected chi connectivity index (χ3v) is 2.99. The molecule has 5 heteroatoms. The van der Waals surface area contributed by atoms with Crippen molar-refractivity contribution in [3.8, 4) is 0 Å². The largest absolute Gasteiger partial charge is 0.480 e. The molecule has 1 aliphatic carbocycles. The molecule has 3 atom stereocenters. The first-order valence-corrected chi connectivity index (χ1v) is 4.37. The highest BCUT2D eigenvalue weighted by Gasteiger charge is 2.54. The van der Waals surface area contributed by atoms with Gasteiger partial charge in [0.05, 0.1) is 6.04 Å². The molecule has 0 amide bonds. The van der Waals surface area contributed by atoms with E-state index in [-0.39, 0.29) is 6.42 Å². The standard InChI is InChI=1S/C8H11F2NO2/c9-8(10)3-4-1-2-5(8)11-6(4)7(12)13/h4-6,11H,1-3H2,(H,12,13)/t4-,5-,6-/m0/s1. The van der Waals surface area contributed by atoms with Crippen molar-refractivity contribution in [2.45, 2.75) is 37.3 Å². The molecule has 2 N–H and O–H groups in total. The monoisotopic (exact) mass is 191 g/mol. The Hall–Kier alpha value is -0.710. The third-order valence-electron chi connectivity index (χ3n) is 2.99. The van der Waals surface area contributed by atoms with Gasteiger partial charge >= 0.3 is 5.97 Å². The Morgan fingerprint density at radius 2 is 2.15 bits per heavy atom. The summed E-state index contributed by atoms with van der Waals surface area (Å²) in [5.41, 5.74) is 0. The number of halogens is 2. The molecule has 0 aromatic heterocycles. The minimum Gasteiger partial charge on any atom is -0.480 e. The fourth-order valence-electron chi connectivity index (χ4n) is 2.30. The first kappa shape index (κ1) is 8.87. The van der Waals surface area contributed by atoms with Crippen molar-refractivity contribution < 1.29 is 18.7 Å². The average molecular weight is 191 g/mol. The van der Waals surface area contributed by atoms with Gasteiger partial charge in [0.15, 0.2) is 0 Å². The molecular formula is C8H11F2NO2. The van der Waals surface area contributed by atoms with Gasteiger partial charge in [0, 0.05) is 6.42 Å². The first-order valence-electron chi connectivity index (χ1n) is 4.37. The maximum atomic E-state index is 13.1. The molecule has 0 aromatic rings. The number of nitrogens with one attached hydrogen (secondary N) is 1. The van der Waals surface area contributed by atoms with Crippen LogP contribution in [0, 0.1) is 5.92 Å². The van der Waals surface area contributed by atoms with Gasteiger partial charge < -0.3 is 5.11 Å². The van der Waals surface area contributed by atoms with E-state index in [0.29, 0.717) is 12.8 Å². The van der Waals surface area contributed by atoms with Crippen molar-refractivity contribution in [1.82, 2.24) is 5.32 Å². The molecule has 3 fully saturated rings. The highest BCUT2D eigenvalue weighted by Crippen LogP contribution is 2.42. The SMILES string of the molecule is O=C(O)[C@H]1N[C@H]2CC[C@H]1CC2(F)F. The van der Waals surface area contributed by atoms with Gasteiger partial charge in [0.1, 0.15) is 6.04 Å². The van der Waals surface area contributed by atoms with E-state index >= 15 is 0 Å². The normalized spacial score (nSPS) is 41.8. The quantitative estimate of drug-likeness (QED) is 0.646. The van der Waals surface area contributed by atoms with Crippen molar-refractivity contribution in [2.24, 2.45) is 5.92 Å². The van der Waals surface area contributed by atoms with Crippen LogP contribution in [0.3, 0.4) is 0 Å². The van der Waals surface area contributed by atoms with Crippen molar-refractivity contribution in [2.75, 3.05) is 0 Å². The lowest BCUT2D eigenvalue weighted by Crippen LogP contribution is -2.64. The van der Waals surface area contributed by atoms with E-state index in [4.69, 9.17) is 5.11 Å². The molecule has 2 heterocycles. The molecule has 3 aliphatic rings. The van der Waals surface area contributed by atoms with Crippen LogP contribution in [0.25, 0.3) is 0 Å². The molecule has 0 unspecified atom stereocenters. The number of carbonyl (C=O) groups is 1. The topological polar surface area (TPSA) is 49.3 Å². The number of alkyl halides is 2. The molecule has 2 saturated heterocycles. The maximum Gasteiger partial charge on any atom is 0.320 e. The van der Waals surface area contributed by atoms with Crippen LogP contribution in [0.4, 0.5) is 8.78 Å². The van der Waals surface area contributed by atoms with Gasteiger partial charge in [-0.25, -0.2) is 8.78 Å². The minimum absolute atomic E-state index is 0.276. The van der Waals surface area contributed by atoms with Gasteiger partial charge in [0.25, 0.3) is 5.92 Å². The summed E-state index contributed by atoms with van der Waals surface area (Å²) < 4.78 is 26.2. The summed E-state index contributed by atoms with van der Waals surface area (Å²) in [6, 6.07) is -1.70. The Balaban J connectivity index is 2.16. The van der Waals surface area contributed by atoms with Crippen LogP contribution in [-0.4, -0.2) is 29.1 Å².